The van der Waals surface area contributed by atoms with Gasteiger partial charge in [0.1, 0.15) is 5.58 Å². The molecule has 0 spiro atoms. The standard InChI is InChI=1S/C20H19F2NO5S/c1-11-16-10-15(7-8-17(16)28-18(11)19(24)25)29(26,27)23-12(2)13-5-4-6-14(9-13)20(3,21)22/h4-10,12,23H,1-3H3,(H,24,25). The maximum atomic E-state index is 13.6. The molecule has 154 valence electrons. The van der Waals surface area contributed by atoms with E-state index in [4.69, 9.17) is 9.52 Å². The molecule has 0 fully saturated rings. The summed E-state index contributed by atoms with van der Waals surface area (Å²) >= 11 is 0. The molecule has 29 heavy (non-hydrogen) atoms. The van der Waals surface area contributed by atoms with Crippen molar-refractivity contribution >= 4 is 27.0 Å². The average Bonchev–Trinajstić information content (AvgIpc) is 2.97. The highest BCUT2D eigenvalue weighted by atomic mass is 32.2. The van der Waals surface area contributed by atoms with Crippen LogP contribution in [-0.4, -0.2) is 19.5 Å². The Morgan fingerprint density at radius 3 is 2.52 bits per heavy atom. The minimum atomic E-state index is -4.00. The number of benzene rings is 2. The molecular formula is C20H19F2NO5S. The highest BCUT2D eigenvalue weighted by Crippen LogP contribution is 2.30. The maximum Gasteiger partial charge on any atom is 0.372 e. The number of sulfonamides is 1. The first kappa shape index (κ1) is 20.9. The van der Waals surface area contributed by atoms with Crippen LogP contribution in [0, 0.1) is 6.92 Å². The van der Waals surface area contributed by atoms with Crippen LogP contribution in [0.4, 0.5) is 8.78 Å². The lowest BCUT2D eigenvalue weighted by Gasteiger charge is -2.17. The minimum absolute atomic E-state index is 0.0883. The molecule has 0 radical (unpaired) electrons. The third-order valence-electron chi connectivity index (χ3n) is 4.64. The van der Waals surface area contributed by atoms with Crippen LogP contribution in [0.2, 0.25) is 0 Å². The molecule has 1 heterocycles. The topological polar surface area (TPSA) is 96.6 Å². The van der Waals surface area contributed by atoms with E-state index >= 15 is 0 Å². The van der Waals surface area contributed by atoms with Crippen LogP contribution in [-0.2, 0) is 15.9 Å². The first-order valence-electron chi connectivity index (χ1n) is 8.67. The molecule has 9 heteroatoms. The van der Waals surface area contributed by atoms with Gasteiger partial charge in [0.25, 0.3) is 5.92 Å². The first-order chi connectivity index (χ1) is 13.4. The summed E-state index contributed by atoms with van der Waals surface area (Å²) in [5.74, 6) is -4.55. The number of hydrogen-bond donors (Lipinski definition) is 2. The van der Waals surface area contributed by atoms with Gasteiger partial charge in [0.05, 0.1) is 4.90 Å². The monoisotopic (exact) mass is 423 g/mol. The van der Waals surface area contributed by atoms with Crippen molar-refractivity contribution in [3.63, 3.8) is 0 Å². The number of carboxylic acids is 1. The molecule has 0 aliphatic carbocycles. The molecule has 0 aliphatic rings. The number of aryl methyl sites for hydroxylation is 1. The van der Waals surface area contributed by atoms with E-state index in [9.17, 15) is 22.0 Å². The van der Waals surface area contributed by atoms with Gasteiger partial charge in [0.15, 0.2) is 0 Å². The average molecular weight is 423 g/mol. The van der Waals surface area contributed by atoms with E-state index < -0.39 is 28.0 Å². The predicted octanol–water partition coefficient (Wildman–Crippen LogP) is 4.59. The Hall–Kier alpha value is -2.78. The molecule has 0 bridgehead atoms. The normalized spacial score (nSPS) is 13.6. The minimum Gasteiger partial charge on any atom is -0.475 e. The molecule has 2 aromatic carbocycles. The molecule has 6 nitrogen and oxygen atoms in total. The molecule has 1 atom stereocenters. The number of carbonyl (C=O) groups is 1. The van der Waals surface area contributed by atoms with Crippen LogP contribution in [0.1, 0.15) is 47.1 Å². The van der Waals surface area contributed by atoms with E-state index in [1.807, 2.05) is 0 Å². The van der Waals surface area contributed by atoms with E-state index in [1.54, 1.807) is 13.0 Å². The summed E-state index contributed by atoms with van der Waals surface area (Å²) in [7, 11) is -4.00. The molecule has 0 saturated heterocycles. The fourth-order valence-electron chi connectivity index (χ4n) is 3.02. The van der Waals surface area contributed by atoms with E-state index in [2.05, 4.69) is 4.72 Å². The van der Waals surface area contributed by atoms with Crippen molar-refractivity contribution in [3.05, 3.63) is 64.9 Å². The van der Waals surface area contributed by atoms with Crippen molar-refractivity contribution in [2.45, 2.75) is 37.6 Å². The molecule has 1 unspecified atom stereocenters. The number of hydrogen-bond acceptors (Lipinski definition) is 4. The summed E-state index contributed by atoms with van der Waals surface area (Å²) in [6.07, 6.45) is 0. The second-order valence-electron chi connectivity index (χ2n) is 6.88. The Kier molecular flexibility index (Phi) is 5.22. The molecule has 2 N–H and O–H groups in total. The SMILES string of the molecule is Cc1c(C(=O)O)oc2ccc(S(=O)(=O)NC(C)c3cccc(C(C)(F)F)c3)cc12. The Bertz CT molecular complexity index is 1200. The second-order valence-corrected chi connectivity index (χ2v) is 8.59. The van der Waals surface area contributed by atoms with E-state index in [0.717, 1.165) is 6.92 Å². The van der Waals surface area contributed by atoms with Crippen LogP contribution in [0.25, 0.3) is 11.0 Å². The van der Waals surface area contributed by atoms with E-state index in [-0.39, 0.29) is 21.8 Å². The van der Waals surface area contributed by atoms with Crippen LogP contribution in [0.5, 0.6) is 0 Å². The maximum absolute atomic E-state index is 13.6. The van der Waals surface area contributed by atoms with Gasteiger partial charge in [-0.05, 0) is 43.7 Å². The number of carboxylic acid groups (broad SMARTS) is 1. The summed E-state index contributed by atoms with van der Waals surface area (Å²) in [5, 5.41) is 9.51. The molecule has 3 aromatic rings. The van der Waals surface area contributed by atoms with Crippen molar-refractivity contribution in [2.75, 3.05) is 0 Å². The van der Waals surface area contributed by atoms with Crippen molar-refractivity contribution in [2.24, 2.45) is 0 Å². The summed E-state index contributed by atoms with van der Waals surface area (Å²) in [6, 6.07) is 8.78. The third kappa shape index (κ3) is 4.15. The Morgan fingerprint density at radius 1 is 1.21 bits per heavy atom. The van der Waals surface area contributed by atoms with E-state index in [0.29, 0.717) is 16.5 Å². The van der Waals surface area contributed by atoms with Gasteiger partial charge < -0.3 is 9.52 Å². The molecular weight excluding hydrogens is 404 g/mol. The Balaban J connectivity index is 1.93. The van der Waals surface area contributed by atoms with E-state index in [1.165, 1.54) is 43.3 Å². The lowest BCUT2D eigenvalue weighted by atomic mass is 10.0. The molecule has 1 aromatic heterocycles. The van der Waals surface area contributed by atoms with Crippen LogP contribution in [0.3, 0.4) is 0 Å². The smallest absolute Gasteiger partial charge is 0.372 e. The summed E-state index contributed by atoms with van der Waals surface area (Å²) in [4.78, 5) is 11.1. The number of halogens is 2. The number of fused-ring (bicyclic) bond motifs is 1. The highest BCUT2D eigenvalue weighted by Gasteiger charge is 2.26. The molecule has 0 saturated carbocycles. The number of furan rings is 1. The predicted molar refractivity (Wildman–Crippen MR) is 103 cm³/mol. The first-order valence-corrected chi connectivity index (χ1v) is 10.2. The number of alkyl halides is 2. The molecule has 0 amide bonds. The number of aromatic carboxylic acids is 1. The van der Waals surface area contributed by atoms with Crippen molar-refractivity contribution in [1.82, 2.24) is 4.72 Å². The Morgan fingerprint density at radius 2 is 1.90 bits per heavy atom. The lowest BCUT2D eigenvalue weighted by molar-refractivity contribution is 0.0173. The zero-order valence-corrected chi connectivity index (χ0v) is 16.7. The quantitative estimate of drug-likeness (QED) is 0.604. The third-order valence-corrected chi connectivity index (χ3v) is 6.18. The fourth-order valence-corrected chi connectivity index (χ4v) is 4.28. The Labute approximate surface area is 166 Å². The zero-order valence-electron chi connectivity index (χ0n) is 15.9. The van der Waals surface area contributed by atoms with Crippen LogP contribution in [0.15, 0.2) is 51.8 Å². The van der Waals surface area contributed by atoms with Gasteiger partial charge in [-0.1, -0.05) is 18.2 Å². The van der Waals surface area contributed by atoms with Gasteiger partial charge in [0, 0.05) is 29.5 Å². The largest absolute Gasteiger partial charge is 0.475 e. The molecule has 3 rings (SSSR count). The molecule has 0 aliphatic heterocycles. The zero-order chi connectivity index (χ0) is 21.6. The summed E-state index contributed by atoms with van der Waals surface area (Å²) < 4.78 is 60.4. The highest BCUT2D eigenvalue weighted by molar-refractivity contribution is 7.89. The van der Waals surface area contributed by atoms with Gasteiger partial charge in [0.2, 0.25) is 15.8 Å². The lowest BCUT2D eigenvalue weighted by Crippen LogP contribution is -2.27. The van der Waals surface area contributed by atoms with Gasteiger partial charge in [-0.25, -0.2) is 26.7 Å². The van der Waals surface area contributed by atoms with Gasteiger partial charge >= 0.3 is 5.97 Å². The van der Waals surface area contributed by atoms with Gasteiger partial charge in [-0.2, -0.15) is 0 Å². The van der Waals surface area contributed by atoms with Crippen molar-refractivity contribution in [1.29, 1.82) is 0 Å². The fraction of sp³-hybridized carbons (Fsp3) is 0.250. The van der Waals surface area contributed by atoms with Crippen LogP contribution < -0.4 is 4.72 Å². The van der Waals surface area contributed by atoms with Crippen molar-refractivity contribution in [3.8, 4) is 0 Å². The second kappa shape index (κ2) is 7.23. The number of rotatable bonds is 6. The summed E-state index contributed by atoms with van der Waals surface area (Å²) in [6.45, 7) is 3.85. The van der Waals surface area contributed by atoms with Gasteiger partial charge in [-0.3, -0.25) is 0 Å². The van der Waals surface area contributed by atoms with Crippen molar-refractivity contribution < 1.29 is 31.5 Å². The van der Waals surface area contributed by atoms with Crippen LogP contribution >= 0.6 is 0 Å². The van der Waals surface area contributed by atoms with Gasteiger partial charge in [-0.15, -0.1) is 0 Å². The number of nitrogens with one attached hydrogen (secondary N) is 1. The summed E-state index contributed by atoms with van der Waals surface area (Å²) in [5.41, 5.74) is 0.749.